The zero-order chi connectivity index (χ0) is 23.9. The summed E-state index contributed by atoms with van der Waals surface area (Å²) in [6.07, 6.45) is 2.08. The SMILES string of the molecule is O=C(N[C@H]1CC[C@@H](CC(=O)N2CC(O)(C(=O)O)C2)C1)OCC1c2ccccc2-c2ccccc21. The quantitative estimate of drug-likeness (QED) is 0.605. The number of β-amino-alcohol motifs (C(OH)–C–C–N with tert-alkyl or cyclic N) is 1. The number of amides is 2. The van der Waals surface area contributed by atoms with Crippen molar-refractivity contribution in [1.82, 2.24) is 10.2 Å². The van der Waals surface area contributed by atoms with Crippen LogP contribution in [0.3, 0.4) is 0 Å². The molecule has 8 heteroatoms. The number of carboxylic acid groups (broad SMARTS) is 1. The number of benzene rings is 2. The summed E-state index contributed by atoms with van der Waals surface area (Å²) >= 11 is 0. The Balaban J connectivity index is 1.09. The van der Waals surface area contributed by atoms with E-state index in [1.807, 2.05) is 24.3 Å². The molecular weight excluding hydrogens is 436 g/mol. The summed E-state index contributed by atoms with van der Waals surface area (Å²) in [4.78, 5) is 37.3. The highest BCUT2D eigenvalue weighted by atomic mass is 16.5. The van der Waals surface area contributed by atoms with E-state index in [4.69, 9.17) is 9.84 Å². The van der Waals surface area contributed by atoms with E-state index >= 15 is 0 Å². The zero-order valence-corrected chi connectivity index (χ0v) is 18.8. The number of hydrogen-bond donors (Lipinski definition) is 3. The Bertz CT molecular complexity index is 1080. The van der Waals surface area contributed by atoms with Crippen molar-refractivity contribution >= 4 is 18.0 Å². The maximum atomic E-state index is 12.5. The van der Waals surface area contributed by atoms with Gasteiger partial charge in [-0.05, 0) is 47.4 Å². The van der Waals surface area contributed by atoms with Crippen LogP contribution in [0.25, 0.3) is 11.1 Å². The molecule has 3 aliphatic rings. The number of aliphatic hydroxyl groups is 1. The molecule has 1 saturated carbocycles. The van der Waals surface area contributed by atoms with Crippen LogP contribution in [0.4, 0.5) is 4.79 Å². The van der Waals surface area contributed by atoms with E-state index in [0.717, 1.165) is 24.0 Å². The van der Waals surface area contributed by atoms with Crippen LogP contribution in [-0.2, 0) is 14.3 Å². The van der Waals surface area contributed by atoms with Gasteiger partial charge in [0.25, 0.3) is 0 Å². The van der Waals surface area contributed by atoms with Gasteiger partial charge < -0.3 is 25.2 Å². The largest absolute Gasteiger partial charge is 0.479 e. The standard InChI is InChI=1S/C26H28N2O6/c29-23(28-14-26(33,15-28)24(30)31)12-16-9-10-17(11-16)27-25(32)34-13-22-20-7-3-1-5-18(20)19-6-2-4-8-21(19)22/h1-8,16-17,22,33H,9-15H2,(H,27,32)(H,30,31)/t16-,17+/m1/s1. The fourth-order valence-corrected chi connectivity index (χ4v) is 5.47. The van der Waals surface area contributed by atoms with Crippen LogP contribution in [0.5, 0.6) is 0 Å². The van der Waals surface area contributed by atoms with Crippen molar-refractivity contribution in [2.75, 3.05) is 19.7 Å². The number of alkyl carbamates (subject to hydrolysis) is 1. The van der Waals surface area contributed by atoms with Gasteiger partial charge in [-0.3, -0.25) is 4.79 Å². The summed E-state index contributed by atoms with van der Waals surface area (Å²) < 4.78 is 5.62. The molecule has 8 nitrogen and oxygen atoms in total. The highest BCUT2D eigenvalue weighted by Crippen LogP contribution is 2.44. The van der Waals surface area contributed by atoms with Gasteiger partial charge in [0.1, 0.15) is 6.61 Å². The normalized spacial score (nSPS) is 22.4. The molecular formula is C26H28N2O6. The molecule has 34 heavy (non-hydrogen) atoms. The van der Waals surface area contributed by atoms with Crippen LogP contribution in [0.15, 0.2) is 48.5 Å². The van der Waals surface area contributed by atoms with Gasteiger partial charge in [-0.2, -0.15) is 0 Å². The summed E-state index contributed by atoms with van der Waals surface area (Å²) in [5, 5.41) is 21.7. The van der Waals surface area contributed by atoms with Crippen LogP contribution in [0.2, 0.25) is 0 Å². The molecule has 1 heterocycles. The number of carbonyl (C=O) groups is 3. The van der Waals surface area contributed by atoms with Crippen molar-refractivity contribution in [3.8, 4) is 11.1 Å². The smallest absolute Gasteiger partial charge is 0.407 e. The maximum absolute atomic E-state index is 12.5. The first-order chi connectivity index (χ1) is 16.3. The van der Waals surface area contributed by atoms with Crippen molar-refractivity contribution in [3.63, 3.8) is 0 Å². The lowest BCUT2D eigenvalue weighted by Gasteiger charge is -2.43. The molecule has 0 aromatic heterocycles. The lowest BCUT2D eigenvalue weighted by atomic mass is 9.92. The Kier molecular flexibility index (Phi) is 5.77. The summed E-state index contributed by atoms with van der Waals surface area (Å²) in [5.41, 5.74) is 2.87. The van der Waals surface area contributed by atoms with Crippen LogP contribution in [0, 0.1) is 5.92 Å². The molecule has 1 aliphatic heterocycles. The molecule has 2 aromatic rings. The molecule has 2 atom stereocenters. The van der Waals surface area contributed by atoms with Gasteiger partial charge in [0.05, 0.1) is 13.1 Å². The van der Waals surface area contributed by atoms with E-state index in [0.29, 0.717) is 12.8 Å². The highest BCUT2D eigenvalue weighted by molar-refractivity contribution is 5.85. The molecule has 2 amide bonds. The lowest BCUT2D eigenvalue weighted by Crippen LogP contribution is -2.67. The molecule has 2 fully saturated rings. The van der Waals surface area contributed by atoms with Crippen molar-refractivity contribution in [3.05, 3.63) is 59.7 Å². The fourth-order valence-electron chi connectivity index (χ4n) is 5.47. The third-order valence-electron chi connectivity index (χ3n) is 7.33. The number of ether oxygens (including phenoxy) is 1. The van der Waals surface area contributed by atoms with E-state index in [1.54, 1.807) is 0 Å². The summed E-state index contributed by atoms with van der Waals surface area (Å²) in [7, 11) is 0. The molecule has 178 valence electrons. The third-order valence-corrected chi connectivity index (χ3v) is 7.33. The van der Waals surface area contributed by atoms with E-state index in [-0.39, 0.29) is 43.5 Å². The van der Waals surface area contributed by atoms with Gasteiger partial charge in [0, 0.05) is 18.4 Å². The van der Waals surface area contributed by atoms with Crippen LogP contribution < -0.4 is 5.32 Å². The molecule has 0 radical (unpaired) electrons. The van der Waals surface area contributed by atoms with Gasteiger partial charge >= 0.3 is 12.1 Å². The van der Waals surface area contributed by atoms with E-state index in [2.05, 4.69) is 29.6 Å². The summed E-state index contributed by atoms with van der Waals surface area (Å²) in [6.45, 7) is -0.0828. The molecule has 0 unspecified atom stereocenters. The lowest BCUT2D eigenvalue weighted by molar-refractivity contribution is -0.182. The van der Waals surface area contributed by atoms with Crippen molar-refractivity contribution in [2.24, 2.45) is 5.92 Å². The first-order valence-corrected chi connectivity index (χ1v) is 11.7. The topological polar surface area (TPSA) is 116 Å². The molecule has 2 aromatic carbocycles. The second-order valence-electron chi connectivity index (χ2n) is 9.64. The Labute approximate surface area is 197 Å². The number of nitrogens with zero attached hydrogens (tertiary/aromatic N) is 1. The van der Waals surface area contributed by atoms with Gasteiger partial charge in [-0.25, -0.2) is 9.59 Å². The number of carboxylic acids is 1. The maximum Gasteiger partial charge on any atom is 0.407 e. The number of nitrogens with one attached hydrogen (secondary N) is 1. The first-order valence-electron chi connectivity index (χ1n) is 11.7. The fraction of sp³-hybridized carbons (Fsp3) is 0.423. The summed E-state index contributed by atoms with van der Waals surface area (Å²) in [5.74, 6) is -1.33. The van der Waals surface area contributed by atoms with E-state index < -0.39 is 17.7 Å². The number of carbonyl (C=O) groups excluding carboxylic acids is 2. The Morgan fingerprint density at radius 2 is 1.62 bits per heavy atom. The van der Waals surface area contributed by atoms with Crippen LogP contribution in [-0.4, -0.2) is 64.4 Å². The van der Waals surface area contributed by atoms with Crippen molar-refractivity contribution < 1.29 is 29.3 Å². The zero-order valence-electron chi connectivity index (χ0n) is 18.8. The Morgan fingerprint density at radius 3 is 2.24 bits per heavy atom. The molecule has 5 rings (SSSR count). The van der Waals surface area contributed by atoms with E-state index in [9.17, 15) is 19.5 Å². The van der Waals surface area contributed by atoms with Crippen LogP contribution in [0.1, 0.15) is 42.7 Å². The predicted molar refractivity (Wildman–Crippen MR) is 123 cm³/mol. The van der Waals surface area contributed by atoms with Gasteiger partial charge in [0.15, 0.2) is 5.60 Å². The number of hydrogen-bond acceptors (Lipinski definition) is 5. The van der Waals surface area contributed by atoms with Gasteiger partial charge in [0.2, 0.25) is 5.91 Å². The molecule has 2 aliphatic carbocycles. The van der Waals surface area contributed by atoms with Crippen LogP contribution >= 0.6 is 0 Å². The average molecular weight is 465 g/mol. The second kappa shape index (κ2) is 8.76. The minimum Gasteiger partial charge on any atom is -0.479 e. The Morgan fingerprint density at radius 1 is 1.00 bits per heavy atom. The number of likely N-dealkylation sites (tertiary alicyclic amines) is 1. The Hall–Kier alpha value is -3.39. The van der Waals surface area contributed by atoms with Gasteiger partial charge in [-0.1, -0.05) is 48.5 Å². The molecule has 3 N–H and O–H groups in total. The first kappa shape index (κ1) is 22.4. The number of rotatable bonds is 6. The predicted octanol–water partition coefficient (Wildman–Crippen LogP) is 2.74. The second-order valence-corrected chi connectivity index (χ2v) is 9.64. The summed E-state index contributed by atoms with van der Waals surface area (Å²) in [6, 6.07) is 16.3. The number of fused-ring (bicyclic) bond motifs is 3. The molecule has 0 bridgehead atoms. The van der Waals surface area contributed by atoms with Crippen molar-refractivity contribution in [1.29, 1.82) is 0 Å². The van der Waals surface area contributed by atoms with Gasteiger partial charge in [-0.15, -0.1) is 0 Å². The monoisotopic (exact) mass is 464 g/mol. The molecule has 0 spiro atoms. The van der Waals surface area contributed by atoms with E-state index in [1.165, 1.54) is 16.0 Å². The average Bonchev–Trinajstić information content (AvgIpc) is 3.37. The number of aliphatic carboxylic acids is 1. The minimum absolute atomic E-state index is 0.00747. The highest BCUT2D eigenvalue weighted by Gasteiger charge is 2.50. The third kappa shape index (κ3) is 4.14. The minimum atomic E-state index is -1.82. The molecule has 1 saturated heterocycles. The van der Waals surface area contributed by atoms with Crippen molar-refractivity contribution in [2.45, 2.75) is 43.2 Å².